The van der Waals surface area contributed by atoms with Crippen molar-refractivity contribution in [2.75, 3.05) is 12.3 Å². The molecule has 0 saturated heterocycles. The SMILES string of the molecule is CCC(COCc1ccccc1Cl)n1cnc2c(N)nc3ccccc3c21. The Morgan fingerprint density at radius 3 is 2.74 bits per heavy atom. The van der Waals surface area contributed by atoms with E-state index in [1.807, 2.05) is 48.8 Å². The van der Waals surface area contributed by atoms with Crippen LogP contribution in [0.5, 0.6) is 0 Å². The maximum Gasteiger partial charge on any atom is 0.152 e. The van der Waals surface area contributed by atoms with Crippen molar-refractivity contribution in [2.24, 2.45) is 0 Å². The number of rotatable bonds is 6. The van der Waals surface area contributed by atoms with Gasteiger partial charge in [0.15, 0.2) is 5.82 Å². The number of nitrogens with two attached hydrogens (primary N) is 1. The number of hydrogen-bond acceptors (Lipinski definition) is 4. The summed E-state index contributed by atoms with van der Waals surface area (Å²) < 4.78 is 8.14. The number of nitrogens with zero attached hydrogens (tertiary/aromatic N) is 3. The van der Waals surface area contributed by atoms with Crippen LogP contribution >= 0.6 is 11.6 Å². The van der Waals surface area contributed by atoms with Crippen LogP contribution in [0.2, 0.25) is 5.02 Å². The first kappa shape index (κ1) is 17.8. The predicted molar refractivity (Wildman–Crippen MR) is 110 cm³/mol. The zero-order chi connectivity index (χ0) is 18.8. The molecule has 0 amide bonds. The van der Waals surface area contributed by atoms with Gasteiger partial charge in [0.1, 0.15) is 5.52 Å². The topological polar surface area (TPSA) is 66.0 Å². The maximum atomic E-state index is 6.22. The monoisotopic (exact) mass is 380 g/mol. The summed E-state index contributed by atoms with van der Waals surface area (Å²) in [7, 11) is 0. The van der Waals surface area contributed by atoms with Gasteiger partial charge in [-0.05, 0) is 24.1 Å². The largest absolute Gasteiger partial charge is 0.382 e. The smallest absolute Gasteiger partial charge is 0.152 e. The number of benzene rings is 2. The highest BCUT2D eigenvalue weighted by Gasteiger charge is 2.17. The van der Waals surface area contributed by atoms with Gasteiger partial charge in [0.2, 0.25) is 0 Å². The highest BCUT2D eigenvalue weighted by molar-refractivity contribution is 6.31. The molecule has 4 aromatic rings. The van der Waals surface area contributed by atoms with Crippen molar-refractivity contribution in [3.63, 3.8) is 0 Å². The van der Waals surface area contributed by atoms with Crippen molar-refractivity contribution < 1.29 is 4.74 Å². The number of aromatic nitrogens is 3. The molecule has 0 radical (unpaired) electrons. The van der Waals surface area contributed by atoms with E-state index in [-0.39, 0.29) is 6.04 Å². The van der Waals surface area contributed by atoms with E-state index in [1.54, 1.807) is 0 Å². The van der Waals surface area contributed by atoms with Crippen LogP contribution in [0.1, 0.15) is 24.9 Å². The molecule has 0 aliphatic rings. The van der Waals surface area contributed by atoms with E-state index in [2.05, 4.69) is 27.5 Å². The van der Waals surface area contributed by atoms with Gasteiger partial charge in [-0.1, -0.05) is 54.9 Å². The van der Waals surface area contributed by atoms with Crippen molar-refractivity contribution in [1.29, 1.82) is 0 Å². The van der Waals surface area contributed by atoms with E-state index in [9.17, 15) is 0 Å². The Morgan fingerprint density at radius 2 is 1.93 bits per heavy atom. The molecule has 0 bridgehead atoms. The summed E-state index contributed by atoms with van der Waals surface area (Å²) in [5.41, 5.74) is 9.74. The van der Waals surface area contributed by atoms with Crippen LogP contribution in [0.3, 0.4) is 0 Å². The van der Waals surface area contributed by atoms with Gasteiger partial charge in [-0.3, -0.25) is 0 Å². The van der Waals surface area contributed by atoms with Crippen LogP contribution in [-0.2, 0) is 11.3 Å². The lowest BCUT2D eigenvalue weighted by atomic mass is 10.1. The van der Waals surface area contributed by atoms with Gasteiger partial charge < -0.3 is 15.0 Å². The summed E-state index contributed by atoms with van der Waals surface area (Å²) in [5.74, 6) is 0.453. The Hall–Kier alpha value is -2.63. The zero-order valence-corrected chi connectivity index (χ0v) is 15.9. The molecular formula is C21H21ClN4O. The molecule has 0 fully saturated rings. The second kappa shape index (κ2) is 7.55. The molecule has 2 N–H and O–H groups in total. The van der Waals surface area contributed by atoms with E-state index in [0.29, 0.717) is 19.0 Å². The van der Waals surface area contributed by atoms with Crippen LogP contribution < -0.4 is 5.73 Å². The highest BCUT2D eigenvalue weighted by atomic mass is 35.5. The van der Waals surface area contributed by atoms with Crippen LogP contribution in [0.25, 0.3) is 21.9 Å². The first-order chi connectivity index (χ1) is 13.2. The van der Waals surface area contributed by atoms with Gasteiger partial charge in [-0.25, -0.2) is 9.97 Å². The molecular weight excluding hydrogens is 360 g/mol. The number of imidazole rings is 1. The molecule has 4 rings (SSSR count). The lowest BCUT2D eigenvalue weighted by Gasteiger charge is -2.19. The first-order valence-electron chi connectivity index (χ1n) is 9.01. The number of nitrogen functional groups attached to an aromatic ring is 1. The zero-order valence-electron chi connectivity index (χ0n) is 15.1. The fraction of sp³-hybridized carbons (Fsp3) is 0.238. The molecule has 2 aromatic carbocycles. The summed E-state index contributed by atoms with van der Waals surface area (Å²) in [6.45, 7) is 3.18. The summed E-state index contributed by atoms with van der Waals surface area (Å²) in [6.07, 6.45) is 2.74. The third-order valence-electron chi connectivity index (χ3n) is 4.83. The number of halogens is 1. The lowest BCUT2D eigenvalue weighted by Crippen LogP contribution is -2.14. The average molecular weight is 381 g/mol. The Labute approximate surface area is 162 Å². The number of hydrogen-bond donors (Lipinski definition) is 1. The maximum absolute atomic E-state index is 6.22. The minimum absolute atomic E-state index is 0.141. The summed E-state index contributed by atoms with van der Waals surface area (Å²) in [6, 6.07) is 15.9. The Bertz CT molecular complexity index is 1090. The molecule has 0 spiro atoms. The summed E-state index contributed by atoms with van der Waals surface area (Å²) >= 11 is 6.22. The summed E-state index contributed by atoms with van der Waals surface area (Å²) in [4.78, 5) is 8.99. The number of anilines is 1. The lowest BCUT2D eigenvalue weighted by molar-refractivity contribution is 0.0898. The average Bonchev–Trinajstić information content (AvgIpc) is 3.13. The minimum atomic E-state index is 0.141. The molecule has 0 aliphatic carbocycles. The van der Waals surface area contributed by atoms with Crippen molar-refractivity contribution in [3.05, 3.63) is 65.4 Å². The van der Waals surface area contributed by atoms with E-state index in [4.69, 9.17) is 22.1 Å². The van der Waals surface area contributed by atoms with Gasteiger partial charge in [-0.15, -0.1) is 0 Å². The molecule has 2 heterocycles. The van der Waals surface area contributed by atoms with Gasteiger partial charge >= 0.3 is 0 Å². The van der Waals surface area contributed by atoms with Crippen LogP contribution in [0.15, 0.2) is 54.9 Å². The number of para-hydroxylation sites is 1. The fourth-order valence-electron chi connectivity index (χ4n) is 3.36. The highest BCUT2D eigenvalue weighted by Crippen LogP contribution is 2.30. The van der Waals surface area contributed by atoms with Crippen LogP contribution in [0.4, 0.5) is 5.82 Å². The second-order valence-corrected chi connectivity index (χ2v) is 6.94. The third kappa shape index (κ3) is 3.36. The van der Waals surface area contributed by atoms with E-state index in [0.717, 1.165) is 38.9 Å². The minimum Gasteiger partial charge on any atom is -0.382 e. The quantitative estimate of drug-likeness (QED) is 0.511. The number of pyridine rings is 1. The Morgan fingerprint density at radius 1 is 1.15 bits per heavy atom. The van der Waals surface area contributed by atoms with Crippen molar-refractivity contribution in [2.45, 2.75) is 26.0 Å². The molecule has 0 aliphatic heterocycles. The molecule has 1 atom stereocenters. The standard InChI is InChI=1S/C21H21ClN4O/c1-2-15(12-27-11-14-7-3-5-9-17(14)22)26-13-24-19-20(26)16-8-4-6-10-18(16)25-21(19)23/h3-10,13,15H,2,11-12H2,1H3,(H2,23,25). The molecule has 2 aromatic heterocycles. The van der Waals surface area contributed by atoms with Gasteiger partial charge in [0, 0.05) is 10.4 Å². The van der Waals surface area contributed by atoms with Crippen molar-refractivity contribution in [1.82, 2.24) is 14.5 Å². The molecule has 27 heavy (non-hydrogen) atoms. The molecule has 6 heteroatoms. The number of ether oxygens (including phenoxy) is 1. The Kier molecular flexibility index (Phi) is 4.97. The van der Waals surface area contributed by atoms with E-state index < -0.39 is 0 Å². The second-order valence-electron chi connectivity index (χ2n) is 6.53. The third-order valence-corrected chi connectivity index (χ3v) is 5.20. The van der Waals surface area contributed by atoms with Crippen LogP contribution in [-0.4, -0.2) is 21.1 Å². The van der Waals surface area contributed by atoms with Gasteiger partial charge in [0.25, 0.3) is 0 Å². The molecule has 5 nitrogen and oxygen atoms in total. The van der Waals surface area contributed by atoms with Crippen LogP contribution in [0, 0.1) is 0 Å². The van der Waals surface area contributed by atoms with Crippen molar-refractivity contribution >= 4 is 39.4 Å². The predicted octanol–water partition coefficient (Wildman–Crippen LogP) is 4.99. The van der Waals surface area contributed by atoms with E-state index in [1.165, 1.54) is 0 Å². The van der Waals surface area contributed by atoms with Gasteiger partial charge in [-0.2, -0.15) is 0 Å². The van der Waals surface area contributed by atoms with Gasteiger partial charge in [0.05, 0.1) is 36.6 Å². The van der Waals surface area contributed by atoms with Crippen molar-refractivity contribution in [3.8, 4) is 0 Å². The molecule has 0 saturated carbocycles. The first-order valence-corrected chi connectivity index (χ1v) is 9.38. The molecule has 138 valence electrons. The van der Waals surface area contributed by atoms with E-state index >= 15 is 0 Å². The Balaban J connectivity index is 1.64. The summed E-state index contributed by atoms with van der Waals surface area (Å²) in [5, 5.41) is 1.77. The number of fused-ring (bicyclic) bond motifs is 3. The molecule has 1 unspecified atom stereocenters. The fourth-order valence-corrected chi connectivity index (χ4v) is 3.55. The normalized spacial score (nSPS) is 12.7.